The standard InChI is InChI=1S/C16H30N2S2/c1-7-12(11-19-6)18(5)13(10-17)14-8-9-15(20-14)16(2,3)4/h8-9,12-13H,7,10-11,17H2,1-6H3. The Balaban J connectivity index is 2.92. The van der Waals surface area contributed by atoms with E-state index in [2.05, 4.69) is 58.0 Å². The largest absolute Gasteiger partial charge is 0.329 e. The van der Waals surface area contributed by atoms with E-state index in [0.29, 0.717) is 18.6 Å². The molecule has 0 saturated heterocycles. The first-order chi connectivity index (χ1) is 9.35. The summed E-state index contributed by atoms with van der Waals surface area (Å²) >= 11 is 3.83. The van der Waals surface area contributed by atoms with Crippen LogP contribution in [0.25, 0.3) is 0 Å². The second kappa shape index (κ2) is 7.83. The highest BCUT2D eigenvalue weighted by Gasteiger charge is 2.25. The molecule has 1 rings (SSSR count). The van der Waals surface area contributed by atoms with E-state index in [1.165, 1.54) is 21.9 Å². The third-order valence-corrected chi connectivity index (χ3v) is 6.15. The Morgan fingerprint density at radius 3 is 2.40 bits per heavy atom. The van der Waals surface area contributed by atoms with Gasteiger partial charge in [-0.2, -0.15) is 11.8 Å². The maximum Gasteiger partial charge on any atom is 0.0564 e. The van der Waals surface area contributed by atoms with Gasteiger partial charge in [0, 0.05) is 28.1 Å². The number of thiophene rings is 1. The quantitative estimate of drug-likeness (QED) is 0.821. The van der Waals surface area contributed by atoms with Crippen LogP contribution in [0, 0.1) is 0 Å². The lowest BCUT2D eigenvalue weighted by atomic mass is 9.95. The van der Waals surface area contributed by atoms with Gasteiger partial charge >= 0.3 is 0 Å². The molecular formula is C16H30N2S2. The van der Waals surface area contributed by atoms with Gasteiger partial charge in [-0.05, 0) is 37.3 Å². The van der Waals surface area contributed by atoms with Crippen molar-refractivity contribution < 1.29 is 0 Å². The van der Waals surface area contributed by atoms with Gasteiger partial charge in [-0.3, -0.25) is 4.90 Å². The first-order valence-electron chi connectivity index (χ1n) is 7.36. The van der Waals surface area contributed by atoms with Crippen molar-refractivity contribution >= 4 is 23.1 Å². The second-order valence-electron chi connectivity index (χ2n) is 6.39. The Morgan fingerprint density at radius 2 is 2.00 bits per heavy atom. The fourth-order valence-corrected chi connectivity index (χ4v) is 4.47. The van der Waals surface area contributed by atoms with Crippen molar-refractivity contribution in [1.29, 1.82) is 0 Å². The van der Waals surface area contributed by atoms with Crippen molar-refractivity contribution in [3.05, 3.63) is 21.9 Å². The summed E-state index contributed by atoms with van der Waals surface area (Å²) in [7, 11) is 2.22. The molecule has 1 aromatic rings. The van der Waals surface area contributed by atoms with Gasteiger partial charge in [-0.1, -0.05) is 27.7 Å². The summed E-state index contributed by atoms with van der Waals surface area (Å²) in [6.45, 7) is 9.76. The zero-order valence-electron chi connectivity index (χ0n) is 13.8. The molecule has 2 atom stereocenters. The molecule has 0 aromatic carbocycles. The van der Waals surface area contributed by atoms with Crippen molar-refractivity contribution in [3.8, 4) is 0 Å². The average Bonchev–Trinajstić information content (AvgIpc) is 2.86. The van der Waals surface area contributed by atoms with Crippen LogP contribution in [0.4, 0.5) is 0 Å². The van der Waals surface area contributed by atoms with Crippen LogP contribution in [-0.4, -0.2) is 36.5 Å². The maximum atomic E-state index is 6.07. The van der Waals surface area contributed by atoms with Crippen LogP contribution in [0.5, 0.6) is 0 Å². The van der Waals surface area contributed by atoms with Crippen molar-refractivity contribution in [2.75, 3.05) is 25.6 Å². The van der Waals surface area contributed by atoms with E-state index in [0.717, 1.165) is 0 Å². The number of nitrogens with zero attached hydrogens (tertiary/aromatic N) is 1. The molecule has 1 heterocycles. The van der Waals surface area contributed by atoms with Gasteiger partial charge in [0.1, 0.15) is 0 Å². The van der Waals surface area contributed by atoms with Crippen molar-refractivity contribution in [2.45, 2.75) is 51.6 Å². The minimum absolute atomic E-state index is 0.226. The first-order valence-corrected chi connectivity index (χ1v) is 9.57. The van der Waals surface area contributed by atoms with E-state index in [1.54, 1.807) is 0 Å². The predicted molar refractivity (Wildman–Crippen MR) is 95.0 cm³/mol. The summed E-state index contributed by atoms with van der Waals surface area (Å²) in [5.74, 6) is 1.17. The number of hydrogen-bond acceptors (Lipinski definition) is 4. The van der Waals surface area contributed by atoms with E-state index in [4.69, 9.17) is 5.73 Å². The molecule has 0 spiro atoms. The summed E-state index contributed by atoms with van der Waals surface area (Å²) in [5.41, 5.74) is 6.30. The summed E-state index contributed by atoms with van der Waals surface area (Å²) in [6, 6.07) is 5.48. The lowest BCUT2D eigenvalue weighted by Gasteiger charge is -2.33. The van der Waals surface area contributed by atoms with Gasteiger partial charge in [-0.15, -0.1) is 11.3 Å². The van der Waals surface area contributed by atoms with E-state index in [9.17, 15) is 0 Å². The summed E-state index contributed by atoms with van der Waals surface area (Å²) in [6.07, 6.45) is 3.35. The number of hydrogen-bond donors (Lipinski definition) is 1. The second-order valence-corrected chi connectivity index (χ2v) is 8.41. The lowest BCUT2D eigenvalue weighted by Crippen LogP contribution is -2.39. The molecule has 2 N–H and O–H groups in total. The fraction of sp³-hybridized carbons (Fsp3) is 0.750. The molecule has 0 fully saturated rings. The molecule has 1 aromatic heterocycles. The van der Waals surface area contributed by atoms with Crippen LogP contribution >= 0.6 is 23.1 Å². The molecule has 0 aliphatic heterocycles. The maximum absolute atomic E-state index is 6.07. The Bertz CT molecular complexity index is 395. The molecule has 2 unspecified atom stereocenters. The van der Waals surface area contributed by atoms with Crippen LogP contribution < -0.4 is 5.73 Å². The highest BCUT2D eigenvalue weighted by atomic mass is 32.2. The lowest BCUT2D eigenvalue weighted by molar-refractivity contribution is 0.190. The van der Waals surface area contributed by atoms with Crippen molar-refractivity contribution in [3.63, 3.8) is 0 Å². The molecule has 116 valence electrons. The minimum Gasteiger partial charge on any atom is -0.329 e. The van der Waals surface area contributed by atoms with Crippen LogP contribution in [0.2, 0.25) is 0 Å². The normalized spacial score (nSPS) is 15.6. The van der Waals surface area contributed by atoms with Gasteiger partial charge in [0.15, 0.2) is 0 Å². The summed E-state index contributed by atoms with van der Waals surface area (Å²) in [4.78, 5) is 5.31. The zero-order valence-corrected chi connectivity index (χ0v) is 15.4. The van der Waals surface area contributed by atoms with Crippen molar-refractivity contribution in [2.24, 2.45) is 5.73 Å². The highest BCUT2D eigenvalue weighted by molar-refractivity contribution is 7.98. The third kappa shape index (κ3) is 4.48. The van der Waals surface area contributed by atoms with Crippen LogP contribution in [0.1, 0.15) is 49.9 Å². The summed E-state index contributed by atoms with van der Waals surface area (Å²) < 4.78 is 0. The average molecular weight is 315 g/mol. The SMILES string of the molecule is CCC(CSC)N(C)C(CN)c1ccc(C(C)(C)C)s1. The van der Waals surface area contributed by atoms with Gasteiger partial charge in [0.2, 0.25) is 0 Å². The van der Waals surface area contributed by atoms with Gasteiger partial charge < -0.3 is 5.73 Å². The first kappa shape index (κ1) is 18.0. The molecule has 0 aliphatic carbocycles. The van der Waals surface area contributed by atoms with Crippen LogP contribution in [0.15, 0.2) is 12.1 Å². The zero-order chi connectivity index (χ0) is 15.3. The monoisotopic (exact) mass is 314 g/mol. The number of nitrogens with two attached hydrogens (primary N) is 1. The van der Waals surface area contributed by atoms with Crippen molar-refractivity contribution in [1.82, 2.24) is 4.90 Å². The molecule has 20 heavy (non-hydrogen) atoms. The molecule has 0 bridgehead atoms. The Morgan fingerprint density at radius 1 is 1.35 bits per heavy atom. The van der Waals surface area contributed by atoms with E-state index >= 15 is 0 Å². The fourth-order valence-electron chi connectivity index (χ4n) is 2.39. The molecule has 0 radical (unpaired) electrons. The number of likely N-dealkylation sites (N-methyl/N-ethyl adjacent to an activating group) is 1. The molecule has 4 heteroatoms. The molecule has 2 nitrogen and oxygen atoms in total. The smallest absolute Gasteiger partial charge is 0.0564 e. The Kier molecular flexibility index (Phi) is 7.06. The number of rotatable bonds is 7. The van der Waals surface area contributed by atoms with E-state index in [-0.39, 0.29) is 5.41 Å². The van der Waals surface area contributed by atoms with E-state index < -0.39 is 0 Å². The molecule has 0 aliphatic rings. The molecular weight excluding hydrogens is 284 g/mol. The number of thioether (sulfide) groups is 1. The Labute approximate surface area is 133 Å². The topological polar surface area (TPSA) is 29.3 Å². The van der Waals surface area contributed by atoms with Crippen LogP contribution in [0.3, 0.4) is 0 Å². The van der Waals surface area contributed by atoms with E-state index in [1.807, 2.05) is 23.1 Å². The van der Waals surface area contributed by atoms with Gasteiger partial charge in [0.05, 0.1) is 6.04 Å². The Hall–Kier alpha value is -0.0300. The molecule has 0 amide bonds. The third-order valence-electron chi connectivity index (χ3n) is 3.82. The van der Waals surface area contributed by atoms with Gasteiger partial charge in [0.25, 0.3) is 0 Å². The highest BCUT2D eigenvalue weighted by Crippen LogP contribution is 2.34. The molecule has 0 saturated carbocycles. The minimum atomic E-state index is 0.226. The van der Waals surface area contributed by atoms with Crippen LogP contribution in [-0.2, 0) is 5.41 Å². The predicted octanol–water partition coefficient (Wildman–Crippen LogP) is 4.12. The summed E-state index contributed by atoms with van der Waals surface area (Å²) in [5, 5.41) is 0. The van der Waals surface area contributed by atoms with Gasteiger partial charge in [-0.25, -0.2) is 0 Å².